The van der Waals surface area contributed by atoms with Gasteiger partial charge in [0, 0.05) is 18.6 Å². The molecule has 1 fully saturated rings. The summed E-state index contributed by atoms with van der Waals surface area (Å²) in [5.41, 5.74) is 7.04. The number of piperidine rings is 1. The van der Waals surface area contributed by atoms with Crippen LogP contribution in [0.4, 0.5) is 0 Å². The lowest BCUT2D eigenvalue weighted by atomic mass is 10.0. The van der Waals surface area contributed by atoms with Gasteiger partial charge in [-0.3, -0.25) is 0 Å². The Labute approximate surface area is 114 Å². The smallest absolute Gasteiger partial charge is 0.0216 e. The number of rotatable bonds is 6. The summed E-state index contributed by atoms with van der Waals surface area (Å²) in [4.78, 5) is 2.58. The van der Waals surface area contributed by atoms with E-state index in [0.717, 1.165) is 19.5 Å². The van der Waals surface area contributed by atoms with Gasteiger partial charge in [-0.05, 0) is 68.2 Å². The summed E-state index contributed by atoms with van der Waals surface area (Å²) in [6.07, 6.45) is 3.64. The maximum absolute atomic E-state index is 5.63. The van der Waals surface area contributed by atoms with Crippen LogP contribution in [0.5, 0.6) is 0 Å². The molecular weight excluding hydrogens is 242 g/mol. The lowest BCUT2D eigenvalue weighted by molar-refractivity contribution is 0.147. The number of hydrogen-bond acceptors (Lipinski definition) is 4. The van der Waals surface area contributed by atoms with Crippen LogP contribution in [-0.2, 0) is 6.54 Å². The first-order valence-electron chi connectivity index (χ1n) is 6.98. The van der Waals surface area contributed by atoms with Gasteiger partial charge in [-0.1, -0.05) is 0 Å². The van der Waals surface area contributed by atoms with E-state index in [1.54, 1.807) is 11.3 Å². The summed E-state index contributed by atoms with van der Waals surface area (Å²) in [6.45, 7) is 6.54. The van der Waals surface area contributed by atoms with E-state index in [1.165, 1.54) is 31.5 Å². The van der Waals surface area contributed by atoms with Crippen LogP contribution >= 0.6 is 11.3 Å². The Kier molecular flexibility index (Phi) is 5.63. The SMILES string of the molecule is C[C@H](CCN)N1CCC(NCc2ccsc2)CC1. The summed E-state index contributed by atoms with van der Waals surface area (Å²) in [6, 6.07) is 3.54. The predicted molar refractivity (Wildman–Crippen MR) is 78.9 cm³/mol. The third-order valence-electron chi connectivity index (χ3n) is 3.91. The molecule has 0 saturated carbocycles. The van der Waals surface area contributed by atoms with E-state index >= 15 is 0 Å². The summed E-state index contributed by atoms with van der Waals surface area (Å²) >= 11 is 1.78. The van der Waals surface area contributed by atoms with E-state index in [1.807, 2.05) is 0 Å². The first-order valence-corrected chi connectivity index (χ1v) is 7.92. The summed E-state index contributed by atoms with van der Waals surface area (Å²) in [5, 5.41) is 8.05. The second-order valence-electron chi connectivity index (χ2n) is 5.25. The molecule has 18 heavy (non-hydrogen) atoms. The maximum Gasteiger partial charge on any atom is 0.0216 e. The molecule has 1 aliphatic heterocycles. The highest BCUT2D eigenvalue weighted by atomic mass is 32.1. The van der Waals surface area contributed by atoms with Crippen LogP contribution in [0, 0.1) is 0 Å². The highest BCUT2D eigenvalue weighted by Crippen LogP contribution is 2.15. The molecule has 1 aromatic heterocycles. The van der Waals surface area contributed by atoms with E-state index in [9.17, 15) is 0 Å². The standard InChI is InChI=1S/C14H25N3S/c1-12(2-6-15)17-7-3-14(4-8-17)16-10-13-5-9-18-11-13/h5,9,11-12,14,16H,2-4,6-8,10,15H2,1H3/t12-/m1/s1. The van der Waals surface area contributed by atoms with Crippen molar-refractivity contribution >= 4 is 11.3 Å². The Morgan fingerprint density at radius 2 is 2.28 bits per heavy atom. The van der Waals surface area contributed by atoms with Crippen LogP contribution < -0.4 is 11.1 Å². The van der Waals surface area contributed by atoms with Crippen molar-refractivity contribution in [3.8, 4) is 0 Å². The van der Waals surface area contributed by atoms with Gasteiger partial charge in [0.1, 0.15) is 0 Å². The van der Waals surface area contributed by atoms with E-state index in [2.05, 4.69) is 34.0 Å². The van der Waals surface area contributed by atoms with Gasteiger partial charge < -0.3 is 16.0 Å². The van der Waals surface area contributed by atoms with E-state index < -0.39 is 0 Å². The largest absolute Gasteiger partial charge is 0.330 e. The maximum atomic E-state index is 5.63. The number of likely N-dealkylation sites (tertiary alicyclic amines) is 1. The van der Waals surface area contributed by atoms with Crippen molar-refractivity contribution < 1.29 is 0 Å². The molecule has 0 radical (unpaired) electrons. The van der Waals surface area contributed by atoms with Crippen molar-refractivity contribution in [3.63, 3.8) is 0 Å². The molecule has 0 bridgehead atoms. The minimum atomic E-state index is 0.646. The quantitative estimate of drug-likeness (QED) is 0.829. The lowest BCUT2D eigenvalue weighted by Crippen LogP contribution is -2.46. The molecule has 1 aromatic rings. The second kappa shape index (κ2) is 7.24. The van der Waals surface area contributed by atoms with Crippen molar-refractivity contribution in [2.24, 2.45) is 5.73 Å². The minimum Gasteiger partial charge on any atom is -0.330 e. The van der Waals surface area contributed by atoms with Gasteiger partial charge in [0.2, 0.25) is 0 Å². The highest BCUT2D eigenvalue weighted by Gasteiger charge is 2.21. The van der Waals surface area contributed by atoms with Crippen molar-refractivity contribution in [3.05, 3.63) is 22.4 Å². The normalized spacial score (nSPS) is 20.1. The van der Waals surface area contributed by atoms with Crippen LogP contribution in [-0.4, -0.2) is 36.6 Å². The Bertz CT molecular complexity index is 318. The van der Waals surface area contributed by atoms with Crippen LogP contribution in [0.1, 0.15) is 31.7 Å². The molecule has 0 amide bonds. The Hall–Kier alpha value is -0.420. The first-order chi connectivity index (χ1) is 8.79. The van der Waals surface area contributed by atoms with E-state index in [0.29, 0.717) is 12.1 Å². The fourth-order valence-corrected chi connectivity index (χ4v) is 3.29. The van der Waals surface area contributed by atoms with Crippen molar-refractivity contribution in [2.75, 3.05) is 19.6 Å². The van der Waals surface area contributed by atoms with Gasteiger partial charge >= 0.3 is 0 Å². The average Bonchev–Trinajstić information content (AvgIpc) is 2.90. The van der Waals surface area contributed by atoms with Crippen LogP contribution in [0.3, 0.4) is 0 Å². The summed E-state index contributed by atoms with van der Waals surface area (Å²) in [5.74, 6) is 0. The van der Waals surface area contributed by atoms with Crippen LogP contribution in [0.25, 0.3) is 0 Å². The van der Waals surface area contributed by atoms with Crippen LogP contribution in [0.15, 0.2) is 16.8 Å². The van der Waals surface area contributed by atoms with Gasteiger partial charge in [-0.2, -0.15) is 11.3 Å². The molecule has 0 aliphatic carbocycles. The Morgan fingerprint density at radius 1 is 1.50 bits per heavy atom. The van der Waals surface area contributed by atoms with Gasteiger partial charge in [-0.15, -0.1) is 0 Å². The van der Waals surface area contributed by atoms with Crippen molar-refractivity contribution in [1.82, 2.24) is 10.2 Å². The number of nitrogens with two attached hydrogens (primary N) is 1. The number of nitrogens with one attached hydrogen (secondary N) is 1. The molecule has 1 aliphatic rings. The predicted octanol–water partition coefficient (Wildman–Crippen LogP) is 2.04. The third-order valence-corrected chi connectivity index (χ3v) is 4.64. The second-order valence-corrected chi connectivity index (χ2v) is 6.03. The molecule has 3 N–H and O–H groups in total. The zero-order valence-electron chi connectivity index (χ0n) is 11.3. The first kappa shape index (κ1) is 14.0. The van der Waals surface area contributed by atoms with E-state index in [-0.39, 0.29) is 0 Å². The molecule has 2 heterocycles. The average molecular weight is 267 g/mol. The molecule has 0 aromatic carbocycles. The molecule has 102 valence electrons. The van der Waals surface area contributed by atoms with Gasteiger partial charge in [0.15, 0.2) is 0 Å². The number of thiophene rings is 1. The molecule has 0 spiro atoms. The zero-order chi connectivity index (χ0) is 12.8. The van der Waals surface area contributed by atoms with E-state index in [4.69, 9.17) is 5.73 Å². The van der Waals surface area contributed by atoms with Gasteiger partial charge in [0.05, 0.1) is 0 Å². The van der Waals surface area contributed by atoms with Gasteiger partial charge in [-0.25, -0.2) is 0 Å². The fourth-order valence-electron chi connectivity index (χ4n) is 2.62. The highest BCUT2D eigenvalue weighted by molar-refractivity contribution is 7.07. The molecule has 3 nitrogen and oxygen atoms in total. The van der Waals surface area contributed by atoms with Gasteiger partial charge in [0.25, 0.3) is 0 Å². The molecule has 1 saturated heterocycles. The molecule has 0 unspecified atom stereocenters. The molecular formula is C14H25N3S. The molecule has 4 heteroatoms. The van der Waals surface area contributed by atoms with Crippen molar-refractivity contribution in [1.29, 1.82) is 0 Å². The monoisotopic (exact) mass is 267 g/mol. The topological polar surface area (TPSA) is 41.3 Å². The molecule has 2 rings (SSSR count). The Balaban J connectivity index is 1.67. The summed E-state index contributed by atoms with van der Waals surface area (Å²) < 4.78 is 0. The Morgan fingerprint density at radius 3 is 2.89 bits per heavy atom. The number of nitrogens with zero attached hydrogens (tertiary/aromatic N) is 1. The molecule has 1 atom stereocenters. The van der Waals surface area contributed by atoms with Crippen molar-refractivity contribution in [2.45, 2.75) is 44.8 Å². The number of hydrogen-bond donors (Lipinski definition) is 2. The fraction of sp³-hybridized carbons (Fsp3) is 0.714. The van der Waals surface area contributed by atoms with Crippen LogP contribution in [0.2, 0.25) is 0 Å². The zero-order valence-corrected chi connectivity index (χ0v) is 12.1. The minimum absolute atomic E-state index is 0.646. The lowest BCUT2D eigenvalue weighted by Gasteiger charge is -2.36. The summed E-state index contributed by atoms with van der Waals surface area (Å²) in [7, 11) is 0. The third kappa shape index (κ3) is 4.05.